The van der Waals surface area contributed by atoms with Gasteiger partial charge in [0.05, 0.1) is 0 Å². The molecule has 2 rings (SSSR count). The van der Waals surface area contributed by atoms with Gasteiger partial charge >= 0.3 is 0 Å². The van der Waals surface area contributed by atoms with E-state index in [1.807, 2.05) is 12.1 Å². The van der Waals surface area contributed by atoms with Crippen LogP contribution in [0.15, 0.2) is 30.5 Å². The highest BCUT2D eigenvalue weighted by atomic mass is 35.5. The van der Waals surface area contributed by atoms with E-state index >= 15 is 0 Å². The Kier molecular flexibility index (Phi) is 3.44. The standard InChI is InChI=1S/C11H12ClN3O/c12-8-2-1-3-10(4-8)16-7-11-14-6-9(5-13)15-11/h1-4,6H,5,7,13H2,(H,14,15). The average molecular weight is 238 g/mol. The van der Waals surface area contributed by atoms with E-state index < -0.39 is 0 Å². The normalized spacial score (nSPS) is 10.4. The van der Waals surface area contributed by atoms with Crippen molar-refractivity contribution in [2.24, 2.45) is 5.73 Å². The van der Waals surface area contributed by atoms with E-state index in [2.05, 4.69) is 9.97 Å². The fraction of sp³-hybridized carbons (Fsp3) is 0.182. The number of nitrogens with zero attached hydrogens (tertiary/aromatic N) is 1. The van der Waals surface area contributed by atoms with Crippen LogP contribution in [-0.4, -0.2) is 9.97 Å². The lowest BCUT2D eigenvalue weighted by atomic mass is 10.3. The van der Waals surface area contributed by atoms with Crippen molar-refractivity contribution < 1.29 is 4.74 Å². The first-order chi connectivity index (χ1) is 7.78. The Morgan fingerprint density at radius 1 is 1.44 bits per heavy atom. The van der Waals surface area contributed by atoms with E-state index in [1.54, 1.807) is 18.3 Å². The van der Waals surface area contributed by atoms with Crippen LogP contribution < -0.4 is 10.5 Å². The lowest BCUT2D eigenvalue weighted by molar-refractivity contribution is 0.297. The molecule has 0 aliphatic heterocycles. The maximum absolute atomic E-state index is 5.83. The highest BCUT2D eigenvalue weighted by Gasteiger charge is 2.00. The molecule has 5 heteroatoms. The number of H-pyrrole nitrogens is 1. The molecule has 3 N–H and O–H groups in total. The molecule has 0 atom stereocenters. The van der Waals surface area contributed by atoms with E-state index in [9.17, 15) is 0 Å². The highest BCUT2D eigenvalue weighted by molar-refractivity contribution is 6.30. The van der Waals surface area contributed by atoms with Gasteiger partial charge in [-0.1, -0.05) is 17.7 Å². The van der Waals surface area contributed by atoms with Crippen LogP contribution in [-0.2, 0) is 13.2 Å². The van der Waals surface area contributed by atoms with Gasteiger partial charge in [-0.15, -0.1) is 0 Å². The number of halogens is 1. The quantitative estimate of drug-likeness (QED) is 0.856. The third-order valence-electron chi connectivity index (χ3n) is 2.07. The van der Waals surface area contributed by atoms with Gasteiger partial charge in [-0.25, -0.2) is 4.98 Å². The second kappa shape index (κ2) is 5.01. The summed E-state index contributed by atoms with van der Waals surface area (Å²) in [5.74, 6) is 1.47. The molecule has 1 aromatic heterocycles. The molecule has 4 nitrogen and oxygen atoms in total. The first-order valence-corrected chi connectivity index (χ1v) is 5.27. The first kappa shape index (κ1) is 11.0. The molecule has 0 spiro atoms. The summed E-state index contributed by atoms with van der Waals surface area (Å²) in [6.07, 6.45) is 1.71. The summed E-state index contributed by atoms with van der Waals surface area (Å²) in [5, 5.41) is 0.652. The zero-order valence-electron chi connectivity index (χ0n) is 8.61. The van der Waals surface area contributed by atoms with Gasteiger partial charge in [0, 0.05) is 23.5 Å². The molecule has 0 unspecified atom stereocenters. The Bertz CT molecular complexity index is 470. The summed E-state index contributed by atoms with van der Waals surface area (Å²) >= 11 is 5.83. The SMILES string of the molecule is NCc1cnc(COc2cccc(Cl)c2)[nH]1. The van der Waals surface area contributed by atoms with Gasteiger partial charge in [0.25, 0.3) is 0 Å². The molecule has 0 saturated heterocycles. The van der Waals surface area contributed by atoms with Gasteiger partial charge in [0.15, 0.2) is 0 Å². The van der Waals surface area contributed by atoms with Gasteiger partial charge in [-0.3, -0.25) is 0 Å². The largest absolute Gasteiger partial charge is 0.486 e. The van der Waals surface area contributed by atoms with Crippen LogP contribution in [0.3, 0.4) is 0 Å². The number of rotatable bonds is 4. The highest BCUT2D eigenvalue weighted by Crippen LogP contribution is 2.17. The third kappa shape index (κ3) is 2.74. The van der Waals surface area contributed by atoms with Crippen molar-refractivity contribution in [3.05, 3.63) is 47.0 Å². The van der Waals surface area contributed by atoms with Crippen LogP contribution in [0, 0.1) is 0 Å². The van der Waals surface area contributed by atoms with Crippen molar-refractivity contribution in [1.29, 1.82) is 0 Å². The minimum absolute atomic E-state index is 0.375. The molecule has 0 radical (unpaired) electrons. The van der Waals surface area contributed by atoms with Crippen LogP contribution >= 0.6 is 11.6 Å². The van der Waals surface area contributed by atoms with E-state index in [-0.39, 0.29) is 0 Å². The average Bonchev–Trinajstić information content (AvgIpc) is 2.74. The molecular weight excluding hydrogens is 226 g/mol. The van der Waals surface area contributed by atoms with Crippen molar-refractivity contribution in [2.75, 3.05) is 0 Å². The zero-order chi connectivity index (χ0) is 11.4. The Morgan fingerprint density at radius 3 is 3.00 bits per heavy atom. The number of nitrogens with one attached hydrogen (secondary N) is 1. The Morgan fingerprint density at radius 2 is 2.31 bits per heavy atom. The van der Waals surface area contributed by atoms with Crippen LogP contribution in [0.4, 0.5) is 0 Å². The van der Waals surface area contributed by atoms with Crippen LogP contribution in [0.1, 0.15) is 11.5 Å². The number of hydrogen-bond acceptors (Lipinski definition) is 3. The Balaban J connectivity index is 1.96. The summed E-state index contributed by atoms with van der Waals surface area (Å²) in [7, 11) is 0. The van der Waals surface area contributed by atoms with Gasteiger partial charge in [0.1, 0.15) is 18.2 Å². The number of nitrogens with two attached hydrogens (primary N) is 1. The third-order valence-corrected chi connectivity index (χ3v) is 2.31. The summed E-state index contributed by atoms with van der Waals surface area (Å²) in [6.45, 7) is 0.824. The fourth-order valence-electron chi connectivity index (χ4n) is 1.29. The van der Waals surface area contributed by atoms with Crippen LogP contribution in [0.25, 0.3) is 0 Å². The van der Waals surface area contributed by atoms with Gasteiger partial charge in [0.2, 0.25) is 0 Å². The number of benzene rings is 1. The van der Waals surface area contributed by atoms with Crippen molar-refractivity contribution in [3.63, 3.8) is 0 Å². The molecule has 0 amide bonds. The number of aromatic amines is 1. The summed E-state index contributed by atoms with van der Waals surface area (Å²) < 4.78 is 5.51. The molecule has 16 heavy (non-hydrogen) atoms. The minimum Gasteiger partial charge on any atom is -0.486 e. The molecular formula is C11H12ClN3O. The molecule has 84 valence electrons. The molecule has 1 aromatic carbocycles. The van der Waals surface area contributed by atoms with Gasteiger partial charge in [-0.05, 0) is 18.2 Å². The summed E-state index contributed by atoms with van der Waals surface area (Å²) in [5.41, 5.74) is 6.35. The molecule has 0 bridgehead atoms. The van der Waals surface area contributed by atoms with E-state index in [4.69, 9.17) is 22.1 Å². The predicted molar refractivity (Wildman–Crippen MR) is 62.3 cm³/mol. The fourth-order valence-corrected chi connectivity index (χ4v) is 1.47. The topological polar surface area (TPSA) is 63.9 Å². The summed E-state index contributed by atoms with van der Waals surface area (Å²) in [6, 6.07) is 7.24. The van der Waals surface area contributed by atoms with E-state index in [0.29, 0.717) is 18.2 Å². The molecule has 0 fully saturated rings. The minimum atomic E-state index is 0.375. The lowest BCUT2D eigenvalue weighted by Crippen LogP contribution is -1.99. The maximum atomic E-state index is 5.83. The zero-order valence-corrected chi connectivity index (χ0v) is 9.37. The number of hydrogen-bond donors (Lipinski definition) is 2. The number of aromatic nitrogens is 2. The molecule has 0 aliphatic rings. The van der Waals surface area contributed by atoms with Crippen LogP contribution in [0.2, 0.25) is 5.02 Å². The first-order valence-electron chi connectivity index (χ1n) is 4.89. The van der Waals surface area contributed by atoms with Gasteiger partial charge < -0.3 is 15.5 Å². The van der Waals surface area contributed by atoms with E-state index in [1.165, 1.54) is 0 Å². The maximum Gasteiger partial charge on any atom is 0.146 e. The second-order valence-electron chi connectivity index (χ2n) is 3.31. The molecule has 0 aliphatic carbocycles. The summed E-state index contributed by atoms with van der Waals surface area (Å²) in [4.78, 5) is 7.18. The Hall–Kier alpha value is -1.52. The van der Waals surface area contributed by atoms with Crippen molar-refractivity contribution in [2.45, 2.75) is 13.2 Å². The van der Waals surface area contributed by atoms with Crippen LogP contribution in [0.5, 0.6) is 5.75 Å². The number of imidazole rings is 1. The molecule has 1 heterocycles. The van der Waals surface area contributed by atoms with Crippen molar-refractivity contribution >= 4 is 11.6 Å². The molecule has 0 saturated carbocycles. The smallest absolute Gasteiger partial charge is 0.146 e. The van der Waals surface area contributed by atoms with Crippen molar-refractivity contribution in [1.82, 2.24) is 9.97 Å². The number of ether oxygens (including phenoxy) is 1. The predicted octanol–water partition coefficient (Wildman–Crippen LogP) is 2.10. The van der Waals surface area contributed by atoms with Gasteiger partial charge in [-0.2, -0.15) is 0 Å². The van der Waals surface area contributed by atoms with E-state index in [0.717, 1.165) is 17.3 Å². The molecule has 2 aromatic rings. The van der Waals surface area contributed by atoms with Crippen molar-refractivity contribution in [3.8, 4) is 5.75 Å². The Labute approximate surface area is 98.4 Å². The monoisotopic (exact) mass is 237 g/mol. The second-order valence-corrected chi connectivity index (χ2v) is 3.74. The lowest BCUT2D eigenvalue weighted by Gasteiger charge is -2.03.